The standard InChI is InChI=1S/C13H25NO/c1-11-5-7-13(10-15,8-6-11)14-9-3-4-12(14)2/h11-12,15H,3-10H2,1-2H3. The molecule has 0 bridgehead atoms. The van der Waals surface area contributed by atoms with E-state index < -0.39 is 0 Å². The molecule has 1 N–H and O–H groups in total. The number of aliphatic hydroxyl groups excluding tert-OH is 1. The molecule has 2 nitrogen and oxygen atoms in total. The first-order valence-electron chi connectivity index (χ1n) is 6.55. The lowest BCUT2D eigenvalue weighted by molar-refractivity contribution is -0.0124. The highest BCUT2D eigenvalue weighted by Crippen LogP contribution is 2.39. The number of likely N-dealkylation sites (tertiary alicyclic amines) is 1. The van der Waals surface area contributed by atoms with Gasteiger partial charge in [-0.2, -0.15) is 0 Å². The average Bonchev–Trinajstić information content (AvgIpc) is 2.67. The van der Waals surface area contributed by atoms with E-state index in [0.29, 0.717) is 12.6 Å². The van der Waals surface area contributed by atoms with Gasteiger partial charge in [-0.05, 0) is 57.9 Å². The van der Waals surface area contributed by atoms with Crippen molar-refractivity contribution >= 4 is 0 Å². The second-order valence-electron chi connectivity index (χ2n) is 5.75. The predicted octanol–water partition coefficient (Wildman–Crippen LogP) is 2.41. The molecule has 0 aromatic heterocycles. The summed E-state index contributed by atoms with van der Waals surface area (Å²) in [7, 11) is 0. The van der Waals surface area contributed by atoms with Crippen molar-refractivity contribution in [3.63, 3.8) is 0 Å². The van der Waals surface area contributed by atoms with Crippen molar-refractivity contribution in [1.29, 1.82) is 0 Å². The van der Waals surface area contributed by atoms with Crippen LogP contribution >= 0.6 is 0 Å². The summed E-state index contributed by atoms with van der Waals surface area (Å²) in [6.45, 7) is 6.23. The quantitative estimate of drug-likeness (QED) is 0.758. The zero-order valence-corrected chi connectivity index (χ0v) is 10.2. The molecule has 1 aliphatic carbocycles. The van der Waals surface area contributed by atoms with Gasteiger partial charge in [0.05, 0.1) is 6.61 Å². The molecule has 2 heteroatoms. The van der Waals surface area contributed by atoms with E-state index in [-0.39, 0.29) is 5.54 Å². The lowest BCUT2D eigenvalue weighted by atomic mass is 9.76. The fourth-order valence-corrected chi connectivity index (χ4v) is 3.47. The van der Waals surface area contributed by atoms with Gasteiger partial charge in [0.1, 0.15) is 0 Å². The summed E-state index contributed by atoms with van der Waals surface area (Å²) in [5.41, 5.74) is 0.141. The molecule has 0 radical (unpaired) electrons. The molecule has 1 saturated heterocycles. The molecule has 2 aliphatic rings. The van der Waals surface area contributed by atoms with Gasteiger partial charge in [0.25, 0.3) is 0 Å². The van der Waals surface area contributed by atoms with Gasteiger partial charge in [0.2, 0.25) is 0 Å². The van der Waals surface area contributed by atoms with Crippen LogP contribution in [0.3, 0.4) is 0 Å². The number of hydrogen-bond donors (Lipinski definition) is 1. The van der Waals surface area contributed by atoms with Crippen LogP contribution in [0.4, 0.5) is 0 Å². The molecular weight excluding hydrogens is 186 g/mol. The Balaban J connectivity index is 2.07. The highest BCUT2D eigenvalue weighted by molar-refractivity contribution is 4.98. The van der Waals surface area contributed by atoms with Gasteiger partial charge < -0.3 is 5.11 Å². The second kappa shape index (κ2) is 4.42. The number of rotatable bonds is 2. The highest BCUT2D eigenvalue weighted by atomic mass is 16.3. The van der Waals surface area contributed by atoms with Crippen molar-refractivity contribution in [2.45, 2.75) is 64.0 Å². The van der Waals surface area contributed by atoms with Crippen LogP contribution in [0.25, 0.3) is 0 Å². The summed E-state index contributed by atoms with van der Waals surface area (Å²) in [6, 6.07) is 0.686. The van der Waals surface area contributed by atoms with Gasteiger partial charge in [-0.1, -0.05) is 6.92 Å². The molecule has 1 heterocycles. The van der Waals surface area contributed by atoms with E-state index in [1.165, 1.54) is 45.1 Å². The van der Waals surface area contributed by atoms with Crippen molar-refractivity contribution in [2.24, 2.45) is 5.92 Å². The monoisotopic (exact) mass is 211 g/mol. The Morgan fingerprint density at radius 2 is 1.87 bits per heavy atom. The maximum Gasteiger partial charge on any atom is 0.0615 e. The van der Waals surface area contributed by atoms with Crippen LogP contribution in [0.15, 0.2) is 0 Å². The smallest absolute Gasteiger partial charge is 0.0615 e. The van der Waals surface area contributed by atoms with Crippen LogP contribution in [0.1, 0.15) is 52.4 Å². The van der Waals surface area contributed by atoms with Crippen molar-refractivity contribution in [3.05, 3.63) is 0 Å². The molecule has 1 saturated carbocycles. The summed E-state index contributed by atoms with van der Waals surface area (Å²) in [5, 5.41) is 9.76. The Morgan fingerprint density at radius 1 is 1.20 bits per heavy atom. The van der Waals surface area contributed by atoms with Gasteiger partial charge in [0.15, 0.2) is 0 Å². The van der Waals surface area contributed by atoms with Crippen molar-refractivity contribution in [1.82, 2.24) is 4.90 Å². The van der Waals surface area contributed by atoms with Gasteiger partial charge in [0, 0.05) is 11.6 Å². The topological polar surface area (TPSA) is 23.5 Å². The molecular formula is C13H25NO. The number of nitrogens with zero attached hydrogens (tertiary/aromatic N) is 1. The van der Waals surface area contributed by atoms with Gasteiger partial charge in [-0.25, -0.2) is 0 Å². The van der Waals surface area contributed by atoms with Crippen molar-refractivity contribution in [2.75, 3.05) is 13.2 Å². The Bertz CT molecular complexity index is 209. The number of hydrogen-bond acceptors (Lipinski definition) is 2. The molecule has 0 aromatic carbocycles. The third-order valence-electron chi connectivity index (χ3n) is 4.66. The molecule has 0 aromatic rings. The highest BCUT2D eigenvalue weighted by Gasteiger charge is 2.42. The first-order chi connectivity index (χ1) is 7.18. The summed E-state index contributed by atoms with van der Waals surface area (Å²) in [5.74, 6) is 0.864. The minimum Gasteiger partial charge on any atom is -0.394 e. The SMILES string of the molecule is CC1CCC(CO)(N2CCCC2C)CC1. The molecule has 2 rings (SSSR count). The van der Waals surface area contributed by atoms with Gasteiger partial charge in [-0.15, -0.1) is 0 Å². The Labute approximate surface area is 93.7 Å². The zero-order chi connectivity index (χ0) is 10.9. The van der Waals surface area contributed by atoms with Gasteiger partial charge >= 0.3 is 0 Å². The minimum atomic E-state index is 0.141. The Hall–Kier alpha value is -0.0800. The minimum absolute atomic E-state index is 0.141. The summed E-state index contributed by atoms with van der Waals surface area (Å²) >= 11 is 0. The number of aliphatic hydroxyl groups is 1. The summed E-state index contributed by atoms with van der Waals surface area (Å²) < 4.78 is 0. The lowest BCUT2D eigenvalue weighted by Gasteiger charge is -2.47. The average molecular weight is 211 g/mol. The molecule has 1 unspecified atom stereocenters. The normalized spacial score (nSPS) is 43.4. The summed E-state index contributed by atoms with van der Waals surface area (Å²) in [6.07, 6.45) is 7.63. The Kier molecular flexibility index (Phi) is 3.36. The maximum absolute atomic E-state index is 9.76. The maximum atomic E-state index is 9.76. The van der Waals surface area contributed by atoms with Crippen molar-refractivity contribution in [3.8, 4) is 0 Å². The van der Waals surface area contributed by atoms with E-state index in [0.717, 1.165) is 5.92 Å². The third-order valence-corrected chi connectivity index (χ3v) is 4.66. The predicted molar refractivity (Wildman–Crippen MR) is 62.9 cm³/mol. The fraction of sp³-hybridized carbons (Fsp3) is 1.00. The lowest BCUT2D eigenvalue weighted by Crippen LogP contribution is -2.54. The molecule has 88 valence electrons. The first kappa shape index (κ1) is 11.4. The second-order valence-corrected chi connectivity index (χ2v) is 5.75. The van der Waals surface area contributed by atoms with Crippen molar-refractivity contribution < 1.29 is 5.11 Å². The van der Waals surface area contributed by atoms with E-state index in [1.807, 2.05) is 0 Å². The molecule has 0 spiro atoms. The molecule has 1 atom stereocenters. The van der Waals surface area contributed by atoms with Gasteiger partial charge in [-0.3, -0.25) is 4.90 Å². The zero-order valence-electron chi connectivity index (χ0n) is 10.2. The van der Waals surface area contributed by atoms with Crippen LogP contribution in [-0.4, -0.2) is 34.7 Å². The van der Waals surface area contributed by atoms with Crippen LogP contribution in [-0.2, 0) is 0 Å². The Morgan fingerprint density at radius 3 is 2.33 bits per heavy atom. The third kappa shape index (κ3) is 2.07. The molecule has 1 aliphatic heterocycles. The van der Waals surface area contributed by atoms with E-state index in [2.05, 4.69) is 18.7 Å². The first-order valence-corrected chi connectivity index (χ1v) is 6.55. The molecule has 0 amide bonds. The molecule has 15 heavy (non-hydrogen) atoms. The van der Waals surface area contributed by atoms with E-state index >= 15 is 0 Å². The molecule has 2 fully saturated rings. The fourth-order valence-electron chi connectivity index (χ4n) is 3.47. The van der Waals surface area contributed by atoms with E-state index in [9.17, 15) is 5.11 Å². The van der Waals surface area contributed by atoms with Crippen LogP contribution in [0.5, 0.6) is 0 Å². The van der Waals surface area contributed by atoms with Crippen LogP contribution in [0, 0.1) is 5.92 Å². The summed E-state index contributed by atoms with van der Waals surface area (Å²) in [4.78, 5) is 2.60. The largest absolute Gasteiger partial charge is 0.394 e. The van der Waals surface area contributed by atoms with E-state index in [4.69, 9.17) is 0 Å². The van der Waals surface area contributed by atoms with Crippen LogP contribution < -0.4 is 0 Å². The van der Waals surface area contributed by atoms with E-state index in [1.54, 1.807) is 0 Å². The van der Waals surface area contributed by atoms with Crippen LogP contribution in [0.2, 0.25) is 0 Å².